The van der Waals surface area contributed by atoms with Gasteiger partial charge in [0.15, 0.2) is 0 Å². The Morgan fingerprint density at radius 3 is 2.29 bits per heavy atom. The van der Waals surface area contributed by atoms with Crippen molar-refractivity contribution in [3.63, 3.8) is 0 Å². The number of aliphatic hydroxyl groups is 1. The Balaban J connectivity index is 3.05. The van der Waals surface area contributed by atoms with Crippen LogP contribution in [-0.4, -0.2) is 47.3 Å². The number of nitrogens with one attached hydrogen (secondary N) is 1. The average Bonchev–Trinajstić information content (AvgIpc) is 2.66. The zero-order valence-electron chi connectivity index (χ0n) is 13.2. The van der Waals surface area contributed by atoms with Crippen LogP contribution in [0.3, 0.4) is 0 Å². The van der Waals surface area contributed by atoms with Gasteiger partial charge in [0.2, 0.25) is 0 Å². The second-order valence-electron chi connectivity index (χ2n) is 6.11. The van der Waals surface area contributed by atoms with Crippen molar-refractivity contribution < 1.29 is 23.0 Å². The van der Waals surface area contributed by atoms with Crippen molar-refractivity contribution in [1.82, 2.24) is 10.2 Å². The van der Waals surface area contributed by atoms with Gasteiger partial charge in [0.1, 0.15) is 12.0 Å². The van der Waals surface area contributed by atoms with Crippen LogP contribution in [0.1, 0.15) is 34.1 Å². The highest BCUT2D eigenvalue weighted by molar-refractivity contribution is 5.11. The van der Waals surface area contributed by atoms with Crippen LogP contribution >= 0.6 is 0 Å². The third-order valence-corrected chi connectivity index (χ3v) is 4.21. The normalized spacial score (nSPS) is 31.9. The monoisotopic (exact) mass is 310 g/mol. The lowest BCUT2D eigenvalue weighted by Crippen LogP contribution is -2.55. The maximum Gasteiger partial charge on any atom is 0.460 e. The van der Waals surface area contributed by atoms with Crippen molar-refractivity contribution in [2.75, 3.05) is 7.05 Å². The van der Waals surface area contributed by atoms with E-state index in [1.165, 1.54) is 0 Å². The quantitative estimate of drug-likeness (QED) is 0.605. The fourth-order valence-corrected chi connectivity index (χ4v) is 2.81. The summed E-state index contributed by atoms with van der Waals surface area (Å²) in [6, 6.07) is -1.49. The highest BCUT2D eigenvalue weighted by Gasteiger charge is 2.52. The summed E-state index contributed by atoms with van der Waals surface area (Å²) >= 11 is 0. The van der Waals surface area contributed by atoms with Crippen LogP contribution in [0.5, 0.6) is 0 Å². The van der Waals surface area contributed by atoms with Crippen LogP contribution in [0.25, 0.3) is 0 Å². The molecule has 4 unspecified atom stereocenters. The fraction of sp³-hybridized carbons (Fsp3) is 0.857. The molecule has 1 saturated heterocycles. The average molecular weight is 310 g/mol. The molecule has 0 amide bonds. The summed E-state index contributed by atoms with van der Waals surface area (Å²) < 4.78 is 44.9. The number of likely N-dealkylation sites (N-methyl/N-ethyl adjacent to an activating group) is 1. The minimum Gasteiger partial charge on any atom is -0.511 e. The van der Waals surface area contributed by atoms with Crippen molar-refractivity contribution in [3.8, 4) is 0 Å². The van der Waals surface area contributed by atoms with E-state index >= 15 is 0 Å². The van der Waals surface area contributed by atoms with Gasteiger partial charge in [-0.1, -0.05) is 27.4 Å². The zero-order chi connectivity index (χ0) is 16.6. The van der Waals surface area contributed by atoms with E-state index < -0.39 is 30.2 Å². The topological polar surface area (TPSA) is 44.7 Å². The highest BCUT2D eigenvalue weighted by Crippen LogP contribution is 2.36. The molecule has 0 aromatic rings. The maximum atomic E-state index is 13.0. The van der Waals surface area contributed by atoms with Gasteiger partial charge in [0.05, 0.1) is 17.7 Å². The zero-order valence-corrected chi connectivity index (χ0v) is 13.2. The first-order valence-corrected chi connectivity index (χ1v) is 7.05. The molecule has 1 aliphatic rings. The third-order valence-electron chi connectivity index (χ3n) is 4.21. The van der Waals surface area contributed by atoms with E-state index in [1.54, 1.807) is 20.8 Å². The molecule has 124 valence electrons. The number of alkyl halides is 3. The van der Waals surface area contributed by atoms with Gasteiger partial charge >= 0.3 is 6.30 Å². The first-order valence-electron chi connectivity index (χ1n) is 7.05. The lowest BCUT2D eigenvalue weighted by Gasteiger charge is -2.36. The molecule has 4 nitrogen and oxygen atoms in total. The SMILES string of the molecule is C=C(O)C1NC(C(C(C)C)N(C)C(F)(F)F)OC1(C)CC. The first-order chi connectivity index (χ1) is 9.44. The summed E-state index contributed by atoms with van der Waals surface area (Å²) in [5.74, 6) is -0.417. The van der Waals surface area contributed by atoms with Gasteiger partial charge in [0, 0.05) is 0 Å². The van der Waals surface area contributed by atoms with Crippen LogP contribution in [0.4, 0.5) is 13.2 Å². The molecule has 0 spiro atoms. The van der Waals surface area contributed by atoms with Crippen molar-refractivity contribution in [2.45, 2.75) is 64.3 Å². The largest absolute Gasteiger partial charge is 0.511 e. The number of hydrogen-bond donors (Lipinski definition) is 2. The summed E-state index contributed by atoms with van der Waals surface area (Å²) in [4.78, 5) is 0.355. The number of hydrogen-bond acceptors (Lipinski definition) is 4. The Labute approximate surface area is 124 Å². The smallest absolute Gasteiger partial charge is 0.460 e. The van der Waals surface area contributed by atoms with Crippen LogP contribution in [0.2, 0.25) is 0 Å². The Kier molecular flexibility index (Phi) is 5.34. The molecule has 0 aromatic heterocycles. The summed E-state index contributed by atoms with van der Waals surface area (Å²) in [6.45, 7) is 10.5. The summed E-state index contributed by atoms with van der Waals surface area (Å²) in [5.41, 5.74) is -0.782. The standard InChI is InChI=1S/C14H25F3N2O2/c1-7-13(5)11(9(4)20)18-12(21-13)10(8(2)3)19(6)14(15,16)17/h8,10-12,18,20H,4,7H2,1-3,5-6H3. The number of rotatable bonds is 5. The van der Waals surface area contributed by atoms with Gasteiger partial charge in [-0.3, -0.25) is 5.32 Å². The Morgan fingerprint density at radius 1 is 1.48 bits per heavy atom. The molecule has 1 aliphatic heterocycles. The summed E-state index contributed by atoms with van der Waals surface area (Å²) in [7, 11) is 1.01. The molecule has 21 heavy (non-hydrogen) atoms. The fourth-order valence-electron chi connectivity index (χ4n) is 2.81. The Bertz CT molecular complexity index is 387. The molecule has 0 aromatic carbocycles. The summed E-state index contributed by atoms with van der Waals surface area (Å²) in [6.07, 6.45) is -4.74. The molecular weight excluding hydrogens is 285 g/mol. The van der Waals surface area contributed by atoms with Crippen LogP contribution in [-0.2, 0) is 4.74 Å². The van der Waals surface area contributed by atoms with Crippen LogP contribution in [0, 0.1) is 5.92 Å². The number of halogens is 3. The second-order valence-corrected chi connectivity index (χ2v) is 6.11. The van der Waals surface area contributed by atoms with E-state index in [9.17, 15) is 18.3 Å². The lowest BCUT2D eigenvalue weighted by molar-refractivity contribution is -0.266. The predicted molar refractivity (Wildman–Crippen MR) is 74.7 cm³/mol. The van der Waals surface area contributed by atoms with Gasteiger partial charge in [0.25, 0.3) is 0 Å². The predicted octanol–water partition coefficient (Wildman–Crippen LogP) is 3.02. The number of ether oxygens (including phenoxy) is 1. The van der Waals surface area contributed by atoms with Crippen molar-refractivity contribution in [1.29, 1.82) is 0 Å². The van der Waals surface area contributed by atoms with E-state index in [-0.39, 0.29) is 11.7 Å². The number of aliphatic hydroxyl groups excluding tert-OH is 1. The minimum absolute atomic E-state index is 0.126. The van der Waals surface area contributed by atoms with Crippen molar-refractivity contribution in [3.05, 3.63) is 12.3 Å². The molecule has 0 radical (unpaired) electrons. The molecule has 4 atom stereocenters. The van der Waals surface area contributed by atoms with Crippen LogP contribution < -0.4 is 5.32 Å². The van der Waals surface area contributed by atoms with Crippen molar-refractivity contribution in [2.24, 2.45) is 5.92 Å². The molecule has 1 rings (SSSR count). The van der Waals surface area contributed by atoms with E-state index in [2.05, 4.69) is 11.9 Å². The van der Waals surface area contributed by atoms with Gasteiger partial charge in [-0.05, 0) is 26.3 Å². The highest BCUT2D eigenvalue weighted by atomic mass is 19.4. The van der Waals surface area contributed by atoms with Gasteiger partial charge in [-0.2, -0.15) is 13.2 Å². The van der Waals surface area contributed by atoms with E-state index in [0.29, 0.717) is 11.3 Å². The molecule has 0 bridgehead atoms. The second kappa shape index (κ2) is 6.14. The molecule has 0 saturated carbocycles. The van der Waals surface area contributed by atoms with Crippen molar-refractivity contribution >= 4 is 0 Å². The molecule has 2 N–H and O–H groups in total. The van der Waals surface area contributed by atoms with Crippen LogP contribution in [0.15, 0.2) is 12.3 Å². The summed E-state index contributed by atoms with van der Waals surface area (Å²) in [5, 5.41) is 12.6. The minimum atomic E-state index is -4.45. The first kappa shape index (κ1) is 18.3. The van der Waals surface area contributed by atoms with E-state index in [4.69, 9.17) is 4.74 Å². The molecule has 1 heterocycles. The Morgan fingerprint density at radius 2 is 2.00 bits per heavy atom. The van der Waals surface area contributed by atoms with Gasteiger partial charge in [-0.15, -0.1) is 0 Å². The maximum absolute atomic E-state index is 13.0. The van der Waals surface area contributed by atoms with Gasteiger partial charge in [-0.25, -0.2) is 4.90 Å². The lowest BCUT2D eigenvalue weighted by atomic mass is 9.93. The molecule has 7 heteroatoms. The number of nitrogens with zero attached hydrogens (tertiary/aromatic N) is 1. The Hall–Kier alpha value is -0.790. The third kappa shape index (κ3) is 3.70. The molecule has 1 fully saturated rings. The molecular formula is C14H25F3N2O2. The van der Waals surface area contributed by atoms with E-state index in [0.717, 1.165) is 7.05 Å². The van der Waals surface area contributed by atoms with Gasteiger partial charge < -0.3 is 9.84 Å². The van der Waals surface area contributed by atoms with E-state index in [1.807, 2.05) is 6.92 Å². The molecule has 0 aliphatic carbocycles.